The number of amides is 2. The van der Waals surface area contributed by atoms with Crippen molar-refractivity contribution in [1.29, 1.82) is 0 Å². The molecule has 0 unspecified atom stereocenters. The van der Waals surface area contributed by atoms with Gasteiger partial charge in [0.15, 0.2) is 5.82 Å². The van der Waals surface area contributed by atoms with E-state index in [2.05, 4.69) is 4.98 Å². The SMILES string of the molecule is CN1C(=O)[C@@H](c2nc(C(N)=O)n3c2COCC3)COc2ccccc21. The fourth-order valence-corrected chi connectivity index (χ4v) is 3.34. The van der Waals surface area contributed by atoms with E-state index in [0.717, 1.165) is 0 Å². The lowest BCUT2D eigenvalue weighted by atomic mass is 10.0. The summed E-state index contributed by atoms with van der Waals surface area (Å²) in [6.07, 6.45) is 0. The third-order valence-electron chi connectivity index (χ3n) is 4.61. The fourth-order valence-electron chi connectivity index (χ4n) is 3.34. The molecule has 0 radical (unpaired) electrons. The molecule has 0 aliphatic carbocycles. The topological polar surface area (TPSA) is 99.7 Å². The Morgan fingerprint density at radius 3 is 2.96 bits per heavy atom. The minimum atomic E-state index is -0.631. The van der Waals surface area contributed by atoms with Crippen LogP contribution in [0.4, 0.5) is 5.69 Å². The molecule has 2 aromatic rings. The van der Waals surface area contributed by atoms with Gasteiger partial charge in [0.2, 0.25) is 5.91 Å². The van der Waals surface area contributed by atoms with Crippen molar-refractivity contribution in [2.45, 2.75) is 19.1 Å². The van der Waals surface area contributed by atoms with E-state index in [9.17, 15) is 9.59 Å². The first-order valence-electron chi connectivity index (χ1n) is 8.04. The number of para-hydroxylation sites is 2. The maximum absolute atomic E-state index is 13.0. The van der Waals surface area contributed by atoms with Gasteiger partial charge in [0, 0.05) is 13.6 Å². The molecule has 2 aliphatic rings. The van der Waals surface area contributed by atoms with Crippen molar-refractivity contribution in [2.75, 3.05) is 25.2 Å². The summed E-state index contributed by atoms with van der Waals surface area (Å²) in [4.78, 5) is 30.7. The molecule has 130 valence electrons. The van der Waals surface area contributed by atoms with Gasteiger partial charge < -0.3 is 24.7 Å². The second kappa shape index (κ2) is 5.89. The minimum Gasteiger partial charge on any atom is -0.490 e. The molecule has 0 spiro atoms. The highest BCUT2D eigenvalue weighted by Gasteiger charge is 2.36. The van der Waals surface area contributed by atoms with Crippen LogP contribution in [0.1, 0.15) is 27.9 Å². The molecule has 25 heavy (non-hydrogen) atoms. The van der Waals surface area contributed by atoms with Crippen molar-refractivity contribution in [3.05, 3.63) is 41.5 Å². The monoisotopic (exact) mass is 342 g/mol. The first kappa shape index (κ1) is 15.6. The van der Waals surface area contributed by atoms with Crippen LogP contribution in [-0.4, -0.2) is 41.6 Å². The Labute approximate surface area is 144 Å². The summed E-state index contributed by atoms with van der Waals surface area (Å²) in [6.45, 7) is 1.39. The molecule has 3 heterocycles. The number of nitrogens with zero attached hydrogens (tertiary/aromatic N) is 3. The molecule has 1 aromatic carbocycles. The number of ether oxygens (including phenoxy) is 2. The molecule has 0 saturated carbocycles. The number of hydrogen-bond acceptors (Lipinski definition) is 5. The molecule has 0 fully saturated rings. The van der Waals surface area contributed by atoms with Gasteiger partial charge in [-0.05, 0) is 12.1 Å². The molecule has 4 rings (SSSR count). The van der Waals surface area contributed by atoms with Gasteiger partial charge in [-0.1, -0.05) is 12.1 Å². The van der Waals surface area contributed by atoms with Crippen LogP contribution in [-0.2, 0) is 22.7 Å². The first-order valence-corrected chi connectivity index (χ1v) is 8.04. The largest absolute Gasteiger partial charge is 0.490 e. The predicted octanol–water partition coefficient (Wildman–Crippen LogP) is 0.651. The number of imidazole rings is 1. The normalized spacial score (nSPS) is 19.6. The highest BCUT2D eigenvalue weighted by atomic mass is 16.5. The van der Waals surface area contributed by atoms with E-state index in [1.807, 2.05) is 24.3 Å². The molecule has 0 bridgehead atoms. The third kappa shape index (κ3) is 2.45. The average Bonchev–Trinajstić information content (AvgIpc) is 2.96. The maximum atomic E-state index is 13.0. The van der Waals surface area contributed by atoms with Crippen molar-refractivity contribution in [3.8, 4) is 5.75 Å². The van der Waals surface area contributed by atoms with Gasteiger partial charge in [0.05, 0.1) is 30.3 Å². The number of anilines is 1. The highest BCUT2D eigenvalue weighted by molar-refractivity contribution is 6.00. The molecule has 8 heteroatoms. The number of fused-ring (bicyclic) bond motifs is 2. The molecule has 1 atom stereocenters. The van der Waals surface area contributed by atoms with Crippen molar-refractivity contribution in [3.63, 3.8) is 0 Å². The van der Waals surface area contributed by atoms with Crippen LogP contribution in [0.3, 0.4) is 0 Å². The van der Waals surface area contributed by atoms with Gasteiger partial charge in [-0.15, -0.1) is 0 Å². The standard InChI is InChI=1S/C17H18N4O4/c1-20-11-4-2-3-5-13(11)25-8-10(17(20)23)14-12-9-24-7-6-21(12)16(19-14)15(18)22/h2-5,10H,6-9H2,1H3,(H2,18,22)/t10-/m1/s1. The Bertz CT molecular complexity index is 860. The Morgan fingerprint density at radius 2 is 2.16 bits per heavy atom. The lowest BCUT2D eigenvalue weighted by molar-refractivity contribution is -0.120. The first-order chi connectivity index (χ1) is 12.1. The Morgan fingerprint density at radius 1 is 1.36 bits per heavy atom. The van der Waals surface area contributed by atoms with E-state index in [0.29, 0.717) is 36.0 Å². The molecule has 1 aromatic heterocycles. The summed E-state index contributed by atoms with van der Waals surface area (Å²) in [5.74, 6) is -0.597. The quantitative estimate of drug-likeness (QED) is 0.864. The van der Waals surface area contributed by atoms with Crippen molar-refractivity contribution in [1.82, 2.24) is 9.55 Å². The molecule has 2 aliphatic heterocycles. The third-order valence-corrected chi connectivity index (χ3v) is 4.61. The molecular formula is C17H18N4O4. The van der Waals surface area contributed by atoms with E-state index in [-0.39, 0.29) is 24.9 Å². The van der Waals surface area contributed by atoms with Gasteiger partial charge in [0.1, 0.15) is 18.3 Å². The molecule has 2 N–H and O–H groups in total. The lowest BCUT2D eigenvalue weighted by Gasteiger charge is -2.21. The summed E-state index contributed by atoms with van der Waals surface area (Å²) in [6, 6.07) is 7.36. The van der Waals surface area contributed by atoms with Crippen LogP contribution in [0.25, 0.3) is 0 Å². The fraction of sp³-hybridized carbons (Fsp3) is 0.353. The van der Waals surface area contributed by atoms with Crippen LogP contribution in [0.2, 0.25) is 0 Å². The predicted molar refractivity (Wildman–Crippen MR) is 88.5 cm³/mol. The summed E-state index contributed by atoms with van der Waals surface area (Å²) in [5, 5.41) is 0. The number of benzene rings is 1. The van der Waals surface area contributed by atoms with Crippen molar-refractivity contribution in [2.24, 2.45) is 5.73 Å². The zero-order chi connectivity index (χ0) is 17.6. The summed E-state index contributed by atoms with van der Waals surface area (Å²) in [7, 11) is 1.71. The van der Waals surface area contributed by atoms with E-state index >= 15 is 0 Å². The Kier molecular flexibility index (Phi) is 3.69. The van der Waals surface area contributed by atoms with Crippen LogP contribution in [0, 0.1) is 0 Å². The van der Waals surface area contributed by atoms with E-state index in [1.165, 1.54) is 0 Å². The number of primary amides is 1. The minimum absolute atomic E-state index is 0.141. The van der Waals surface area contributed by atoms with Crippen molar-refractivity contribution < 1.29 is 19.1 Å². The zero-order valence-corrected chi connectivity index (χ0v) is 13.8. The lowest BCUT2D eigenvalue weighted by Crippen LogP contribution is -2.33. The van der Waals surface area contributed by atoms with Crippen LogP contribution < -0.4 is 15.4 Å². The summed E-state index contributed by atoms with van der Waals surface area (Å²) >= 11 is 0. The molecular weight excluding hydrogens is 324 g/mol. The number of likely N-dealkylation sites (N-methyl/N-ethyl adjacent to an activating group) is 1. The Balaban J connectivity index is 1.78. The van der Waals surface area contributed by atoms with Gasteiger partial charge in [0.25, 0.3) is 5.91 Å². The number of carbonyl (C=O) groups is 2. The summed E-state index contributed by atoms with van der Waals surface area (Å²) < 4.78 is 13.1. The Hall–Kier alpha value is -2.87. The van der Waals surface area contributed by atoms with Gasteiger partial charge in [-0.2, -0.15) is 0 Å². The molecule has 8 nitrogen and oxygen atoms in total. The van der Waals surface area contributed by atoms with Crippen LogP contribution >= 0.6 is 0 Å². The second-order valence-electron chi connectivity index (χ2n) is 6.06. The zero-order valence-electron chi connectivity index (χ0n) is 13.8. The highest BCUT2D eigenvalue weighted by Crippen LogP contribution is 2.35. The van der Waals surface area contributed by atoms with Crippen LogP contribution in [0.5, 0.6) is 5.75 Å². The average molecular weight is 342 g/mol. The maximum Gasteiger partial charge on any atom is 0.284 e. The number of rotatable bonds is 2. The van der Waals surface area contributed by atoms with Gasteiger partial charge >= 0.3 is 0 Å². The number of hydrogen-bond donors (Lipinski definition) is 1. The van der Waals surface area contributed by atoms with Gasteiger partial charge in [-0.3, -0.25) is 9.59 Å². The smallest absolute Gasteiger partial charge is 0.284 e. The van der Waals surface area contributed by atoms with Gasteiger partial charge in [-0.25, -0.2) is 4.98 Å². The molecule has 2 amide bonds. The summed E-state index contributed by atoms with van der Waals surface area (Å²) in [5.41, 5.74) is 7.36. The van der Waals surface area contributed by atoms with Crippen molar-refractivity contribution >= 4 is 17.5 Å². The van der Waals surface area contributed by atoms with E-state index < -0.39 is 11.8 Å². The number of nitrogens with two attached hydrogens (primary N) is 1. The van der Waals surface area contributed by atoms with E-state index in [1.54, 1.807) is 16.5 Å². The van der Waals surface area contributed by atoms with E-state index in [4.69, 9.17) is 15.2 Å². The van der Waals surface area contributed by atoms with Crippen LogP contribution in [0.15, 0.2) is 24.3 Å². The number of carbonyl (C=O) groups excluding carboxylic acids is 2. The second-order valence-corrected chi connectivity index (χ2v) is 6.06. The molecule has 0 saturated heterocycles. The number of aromatic nitrogens is 2.